The molecule has 0 aliphatic carbocycles. The predicted octanol–water partition coefficient (Wildman–Crippen LogP) is -0.650. The highest BCUT2D eigenvalue weighted by Gasteiger charge is 1.82. The molecule has 4 nitrogen and oxygen atoms in total. The Balaban J connectivity index is 3.01. The van der Waals surface area contributed by atoms with Gasteiger partial charge in [-0.25, -0.2) is 9.89 Å². The summed E-state index contributed by atoms with van der Waals surface area (Å²) in [6.45, 7) is 0. The van der Waals surface area contributed by atoms with Gasteiger partial charge in [0, 0.05) is 13.1 Å². The van der Waals surface area contributed by atoms with Gasteiger partial charge in [0.1, 0.15) is 0 Å². The first-order valence-electron chi connectivity index (χ1n) is 2.28. The summed E-state index contributed by atoms with van der Waals surface area (Å²) in [4.78, 5) is 11.8. The Hall–Kier alpha value is -1.19. The minimum atomic E-state index is -0.0978. The van der Waals surface area contributed by atoms with E-state index in [2.05, 4.69) is 10.5 Å². The number of rotatable bonds is 1. The molecule has 1 heterocycles. The normalized spacial score (nSPS) is 9.12. The van der Waals surface area contributed by atoms with E-state index in [4.69, 9.17) is 0 Å². The van der Waals surface area contributed by atoms with Crippen molar-refractivity contribution in [3.63, 3.8) is 0 Å². The lowest BCUT2D eigenvalue weighted by Gasteiger charge is -1.94. The van der Waals surface area contributed by atoms with Crippen LogP contribution in [-0.4, -0.2) is 16.9 Å². The highest BCUT2D eigenvalue weighted by atomic mass is 16.1. The molecule has 2 N–H and O–H groups in total. The molecule has 0 bridgehead atoms. The Morgan fingerprint density at radius 3 is 2.88 bits per heavy atom. The Morgan fingerprint density at radius 2 is 2.62 bits per heavy atom. The topological polar surface area (TPSA) is 49.8 Å². The molecule has 1 rings (SSSR count). The number of aromatic nitrogens is 2. The third-order valence-corrected chi connectivity index (χ3v) is 0.847. The second kappa shape index (κ2) is 1.73. The van der Waals surface area contributed by atoms with Crippen LogP contribution >= 0.6 is 0 Å². The van der Waals surface area contributed by atoms with Crippen molar-refractivity contribution >= 4 is 0 Å². The maximum atomic E-state index is 10.3. The summed E-state index contributed by atoms with van der Waals surface area (Å²) in [5, 5.41) is 2.48. The summed E-state index contributed by atoms with van der Waals surface area (Å²) < 4.78 is 0. The van der Waals surface area contributed by atoms with Gasteiger partial charge in [-0.15, -0.1) is 0 Å². The summed E-state index contributed by atoms with van der Waals surface area (Å²) >= 11 is 0. The summed E-state index contributed by atoms with van der Waals surface area (Å²) in [7, 11) is 1.72. The maximum absolute atomic E-state index is 10.3. The Labute approximate surface area is 46.1 Å². The average molecular weight is 113 g/mol. The molecule has 4 heteroatoms. The molecule has 0 unspecified atom stereocenters. The molecule has 0 atom stereocenters. The van der Waals surface area contributed by atoms with E-state index in [-0.39, 0.29) is 5.56 Å². The standard InChI is InChI=1S/C4H7N3O/c1-5-7-3-2-4(8)6-7/h2-3,5H,1H3,(H,6,8). The minimum Gasteiger partial charge on any atom is -0.315 e. The van der Waals surface area contributed by atoms with E-state index in [0.717, 1.165) is 0 Å². The quantitative estimate of drug-likeness (QED) is 0.508. The number of nitrogens with one attached hydrogen (secondary N) is 2. The van der Waals surface area contributed by atoms with Crippen molar-refractivity contribution in [2.24, 2.45) is 0 Å². The van der Waals surface area contributed by atoms with Crippen LogP contribution in [0.4, 0.5) is 0 Å². The molecule has 0 saturated heterocycles. The van der Waals surface area contributed by atoms with E-state index in [1.807, 2.05) is 0 Å². The van der Waals surface area contributed by atoms with E-state index in [9.17, 15) is 4.79 Å². The molecule has 0 aromatic carbocycles. The van der Waals surface area contributed by atoms with Crippen LogP contribution in [0.3, 0.4) is 0 Å². The zero-order valence-electron chi connectivity index (χ0n) is 4.51. The second-order valence-electron chi connectivity index (χ2n) is 1.39. The van der Waals surface area contributed by atoms with Crippen LogP contribution in [0, 0.1) is 0 Å². The largest absolute Gasteiger partial charge is 0.315 e. The lowest BCUT2D eigenvalue weighted by molar-refractivity contribution is 0.771. The van der Waals surface area contributed by atoms with Crippen LogP contribution in [0.25, 0.3) is 0 Å². The van der Waals surface area contributed by atoms with Gasteiger partial charge in [0.05, 0.1) is 6.20 Å². The molecular formula is C4H7N3O. The summed E-state index contributed by atoms with van der Waals surface area (Å²) in [6.07, 6.45) is 1.61. The summed E-state index contributed by atoms with van der Waals surface area (Å²) in [5.74, 6) is 0. The molecule has 1 aromatic heterocycles. The fourth-order valence-corrected chi connectivity index (χ4v) is 0.466. The van der Waals surface area contributed by atoms with Gasteiger partial charge in [-0.05, 0) is 0 Å². The molecule has 0 spiro atoms. The SMILES string of the molecule is CNn1ccc(=O)[nH]1. The van der Waals surface area contributed by atoms with Crippen LogP contribution < -0.4 is 11.0 Å². The van der Waals surface area contributed by atoms with E-state index < -0.39 is 0 Å². The third-order valence-electron chi connectivity index (χ3n) is 0.847. The minimum absolute atomic E-state index is 0.0978. The first-order chi connectivity index (χ1) is 3.83. The molecule has 0 amide bonds. The van der Waals surface area contributed by atoms with Crippen molar-refractivity contribution in [3.05, 3.63) is 22.6 Å². The van der Waals surface area contributed by atoms with Gasteiger partial charge in [0.2, 0.25) is 0 Å². The van der Waals surface area contributed by atoms with Crippen LogP contribution in [-0.2, 0) is 0 Å². The molecule has 0 aliphatic heterocycles. The summed E-state index contributed by atoms with van der Waals surface area (Å²) in [5.41, 5.74) is 2.61. The molecule has 0 aliphatic rings. The first-order valence-corrected chi connectivity index (χ1v) is 2.28. The van der Waals surface area contributed by atoms with Crippen molar-refractivity contribution < 1.29 is 0 Å². The van der Waals surface area contributed by atoms with Crippen molar-refractivity contribution in [2.75, 3.05) is 12.5 Å². The number of H-pyrrole nitrogens is 1. The predicted molar refractivity (Wildman–Crippen MR) is 30.3 cm³/mol. The summed E-state index contributed by atoms with van der Waals surface area (Å²) in [6, 6.07) is 1.44. The van der Waals surface area contributed by atoms with Crippen LogP contribution in [0.15, 0.2) is 17.1 Å². The highest BCUT2D eigenvalue weighted by molar-refractivity contribution is 4.81. The molecule has 0 fully saturated rings. The first kappa shape index (κ1) is 4.96. The monoisotopic (exact) mass is 113 g/mol. The van der Waals surface area contributed by atoms with E-state index in [1.54, 1.807) is 13.2 Å². The van der Waals surface area contributed by atoms with Gasteiger partial charge in [0.15, 0.2) is 0 Å². The number of hydrogen-bond donors (Lipinski definition) is 2. The van der Waals surface area contributed by atoms with Gasteiger partial charge in [0.25, 0.3) is 5.56 Å². The van der Waals surface area contributed by atoms with Gasteiger partial charge < -0.3 is 5.43 Å². The van der Waals surface area contributed by atoms with Crippen molar-refractivity contribution in [1.29, 1.82) is 0 Å². The van der Waals surface area contributed by atoms with Gasteiger partial charge in [-0.3, -0.25) is 4.79 Å². The molecule has 1 aromatic rings. The fourth-order valence-electron chi connectivity index (χ4n) is 0.466. The number of nitrogens with zero attached hydrogens (tertiary/aromatic N) is 1. The van der Waals surface area contributed by atoms with E-state index >= 15 is 0 Å². The van der Waals surface area contributed by atoms with Gasteiger partial charge in [-0.1, -0.05) is 0 Å². The average Bonchev–Trinajstić information content (AvgIpc) is 2.14. The van der Waals surface area contributed by atoms with Gasteiger partial charge in [-0.2, -0.15) is 0 Å². The van der Waals surface area contributed by atoms with Crippen LogP contribution in [0.2, 0.25) is 0 Å². The van der Waals surface area contributed by atoms with Crippen molar-refractivity contribution in [1.82, 2.24) is 9.89 Å². The van der Waals surface area contributed by atoms with Gasteiger partial charge >= 0.3 is 0 Å². The molecule has 44 valence electrons. The smallest absolute Gasteiger partial charge is 0.265 e. The molecule has 0 radical (unpaired) electrons. The van der Waals surface area contributed by atoms with Crippen molar-refractivity contribution in [2.45, 2.75) is 0 Å². The lowest BCUT2D eigenvalue weighted by Crippen LogP contribution is -2.12. The Morgan fingerprint density at radius 1 is 1.88 bits per heavy atom. The fraction of sp³-hybridized carbons (Fsp3) is 0.250. The van der Waals surface area contributed by atoms with Crippen LogP contribution in [0.1, 0.15) is 0 Å². The second-order valence-corrected chi connectivity index (χ2v) is 1.39. The lowest BCUT2D eigenvalue weighted by atomic mass is 10.7. The number of aromatic amines is 1. The maximum Gasteiger partial charge on any atom is 0.265 e. The molecule has 8 heavy (non-hydrogen) atoms. The van der Waals surface area contributed by atoms with E-state index in [0.29, 0.717) is 0 Å². The molecular weight excluding hydrogens is 106 g/mol. The zero-order chi connectivity index (χ0) is 5.98. The third kappa shape index (κ3) is 0.726. The molecule has 0 saturated carbocycles. The zero-order valence-corrected chi connectivity index (χ0v) is 4.51. The highest BCUT2D eigenvalue weighted by Crippen LogP contribution is 1.66. The van der Waals surface area contributed by atoms with E-state index in [1.165, 1.54) is 10.9 Å². The number of hydrogen-bond acceptors (Lipinski definition) is 2. The van der Waals surface area contributed by atoms with Crippen LogP contribution in [0.5, 0.6) is 0 Å². The van der Waals surface area contributed by atoms with Crippen molar-refractivity contribution in [3.8, 4) is 0 Å². The Kier molecular flexibility index (Phi) is 1.07. The Bertz CT molecular complexity index is 211.